The van der Waals surface area contributed by atoms with Crippen LogP contribution in [0, 0.1) is 3.57 Å². The van der Waals surface area contributed by atoms with Gasteiger partial charge in [0.15, 0.2) is 5.65 Å². The second-order valence-corrected chi connectivity index (χ2v) is 5.84. The minimum Gasteiger partial charge on any atom is -0.507 e. The molecule has 0 atom stereocenters. The largest absolute Gasteiger partial charge is 0.507 e. The van der Waals surface area contributed by atoms with Crippen LogP contribution in [0.3, 0.4) is 0 Å². The number of imidazole rings is 1. The topological polar surface area (TPSA) is 50.9 Å². The summed E-state index contributed by atoms with van der Waals surface area (Å²) in [5.74, 6) is 1.02. The molecule has 0 aliphatic carbocycles. The third kappa shape index (κ3) is 2.26. The van der Waals surface area contributed by atoms with E-state index >= 15 is 0 Å². The zero-order valence-corrected chi connectivity index (χ0v) is 13.2. The number of phenols is 1. The van der Waals surface area contributed by atoms with E-state index in [9.17, 15) is 5.11 Å². The molecule has 0 saturated heterocycles. The van der Waals surface area contributed by atoms with E-state index in [2.05, 4.69) is 44.0 Å². The molecule has 0 spiro atoms. The fourth-order valence-corrected chi connectivity index (χ4v) is 2.78. The lowest BCUT2D eigenvalue weighted by atomic mass is 10.2. The predicted octanol–water partition coefficient (Wildman–Crippen LogP) is 3.82. The zero-order valence-electron chi connectivity index (χ0n) is 11.0. The lowest BCUT2D eigenvalue weighted by molar-refractivity contribution is 0.476. The number of pyridine rings is 1. The van der Waals surface area contributed by atoms with Crippen molar-refractivity contribution >= 4 is 33.8 Å². The monoisotopic (exact) mass is 379 g/mol. The van der Waals surface area contributed by atoms with E-state index in [1.165, 1.54) is 0 Å². The van der Waals surface area contributed by atoms with E-state index in [4.69, 9.17) is 0 Å². The highest BCUT2D eigenvalue weighted by Gasteiger charge is 2.15. The first-order valence-electron chi connectivity index (χ1n) is 6.51. The van der Waals surface area contributed by atoms with E-state index in [1.807, 2.05) is 24.3 Å². The zero-order chi connectivity index (χ0) is 14.1. The molecule has 0 aliphatic rings. The van der Waals surface area contributed by atoms with Gasteiger partial charge < -0.3 is 9.67 Å². The van der Waals surface area contributed by atoms with Gasteiger partial charge in [-0.1, -0.05) is 6.92 Å². The minimum absolute atomic E-state index is 0.248. The summed E-state index contributed by atoms with van der Waals surface area (Å²) in [5.41, 5.74) is 2.47. The molecule has 4 nitrogen and oxygen atoms in total. The van der Waals surface area contributed by atoms with Crippen LogP contribution in [-0.4, -0.2) is 19.6 Å². The highest BCUT2D eigenvalue weighted by molar-refractivity contribution is 14.1. The van der Waals surface area contributed by atoms with Crippen LogP contribution in [0.2, 0.25) is 0 Å². The molecule has 1 N–H and O–H groups in total. The van der Waals surface area contributed by atoms with Gasteiger partial charge in [-0.3, -0.25) is 0 Å². The highest BCUT2D eigenvalue weighted by atomic mass is 127. The Labute approximate surface area is 130 Å². The highest BCUT2D eigenvalue weighted by Crippen LogP contribution is 2.32. The van der Waals surface area contributed by atoms with E-state index in [0.717, 1.165) is 39.1 Å². The molecule has 2 aromatic heterocycles. The summed E-state index contributed by atoms with van der Waals surface area (Å²) in [5, 5.41) is 10.1. The molecule has 0 saturated carbocycles. The first-order chi connectivity index (χ1) is 9.70. The average Bonchev–Trinajstić information content (AvgIpc) is 2.81. The van der Waals surface area contributed by atoms with E-state index in [-0.39, 0.29) is 5.75 Å². The van der Waals surface area contributed by atoms with Gasteiger partial charge in [-0.05, 0) is 59.3 Å². The maximum Gasteiger partial charge on any atom is 0.160 e. The summed E-state index contributed by atoms with van der Waals surface area (Å²) in [6.45, 7) is 2.95. The molecule has 3 rings (SSSR count). The molecule has 0 bridgehead atoms. The molecule has 0 amide bonds. The minimum atomic E-state index is 0.248. The van der Waals surface area contributed by atoms with Crippen LogP contribution in [-0.2, 0) is 6.54 Å². The van der Waals surface area contributed by atoms with Crippen LogP contribution < -0.4 is 0 Å². The number of aromatic hydroxyl groups is 1. The number of hydrogen-bond donors (Lipinski definition) is 1. The van der Waals surface area contributed by atoms with Gasteiger partial charge in [0.1, 0.15) is 17.1 Å². The van der Waals surface area contributed by atoms with Gasteiger partial charge in [0, 0.05) is 16.3 Å². The van der Waals surface area contributed by atoms with E-state index < -0.39 is 0 Å². The number of rotatable bonds is 3. The average molecular weight is 379 g/mol. The Hall–Kier alpha value is -1.63. The Kier molecular flexibility index (Phi) is 3.60. The normalized spacial score (nSPS) is 11.1. The van der Waals surface area contributed by atoms with Crippen LogP contribution >= 0.6 is 22.6 Å². The van der Waals surface area contributed by atoms with Gasteiger partial charge in [0.25, 0.3) is 0 Å². The number of aryl methyl sites for hydroxylation is 1. The van der Waals surface area contributed by atoms with Gasteiger partial charge in [-0.2, -0.15) is 0 Å². The van der Waals surface area contributed by atoms with E-state index in [1.54, 1.807) is 12.3 Å². The summed E-state index contributed by atoms with van der Waals surface area (Å²) in [6.07, 6.45) is 2.76. The van der Waals surface area contributed by atoms with Crippen molar-refractivity contribution in [1.82, 2.24) is 14.5 Å². The van der Waals surface area contributed by atoms with Gasteiger partial charge in [-0.15, -0.1) is 0 Å². The molecule has 20 heavy (non-hydrogen) atoms. The quantitative estimate of drug-likeness (QED) is 0.704. The number of fused-ring (bicyclic) bond motifs is 1. The smallest absolute Gasteiger partial charge is 0.160 e. The molecular weight excluding hydrogens is 365 g/mol. The Morgan fingerprint density at radius 2 is 2.15 bits per heavy atom. The summed E-state index contributed by atoms with van der Waals surface area (Å²) < 4.78 is 3.14. The molecule has 102 valence electrons. The van der Waals surface area contributed by atoms with Crippen LogP contribution in [0.1, 0.15) is 13.3 Å². The van der Waals surface area contributed by atoms with Crippen LogP contribution in [0.4, 0.5) is 0 Å². The number of benzene rings is 1. The number of nitrogens with zero attached hydrogens (tertiary/aromatic N) is 3. The first-order valence-corrected chi connectivity index (χ1v) is 7.58. The van der Waals surface area contributed by atoms with Crippen LogP contribution in [0.5, 0.6) is 5.75 Å². The first kappa shape index (κ1) is 13.4. The maximum atomic E-state index is 10.1. The third-order valence-electron chi connectivity index (χ3n) is 3.15. The lowest BCUT2D eigenvalue weighted by Crippen LogP contribution is -2.01. The molecule has 0 fully saturated rings. The Bertz CT molecular complexity index is 767. The molecule has 0 unspecified atom stereocenters. The number of aromatic nitrogens is 3. The fourth-order valence-electron chi connectivity index (χ4n) is 2.29. The molecule has 5 heteroatoms. The summed E-state index contributed by atoms with van der Waals surface area (Å²) >= 11 is 2.24. The molecule has 2 heterocycles. The van der Waals surface area contributed by atoms with Gasteiger partial charge in [0.05, 0.1) is 5.56 Å². The summed E-state index contributed by atoms with van der Waals surface area (Å²) in [7, 11) is 0. The van der Waals surface area contributed by atoms with Crippen molar-refractivity contribution in [2.75, 3.05) is 0 Å². The van der Waals surface area contributed by atoms with Crippen molar-refractivity contribution < 1.29 is 5.11 Å². The lowest BCUT2D eigenvalue weighted by Gasteiger charge is -2.09. The summed E-state index contributed by atoms with van der Waals surface area (Å²) in [6, 6.07) is 9.36. The Morgan fingerprint density at radius 1 is 1.30 bits per heavy atom. The number of hydrogen-bond acceptors (Lipinski definition) is 3. The maximum absolute atomic E-state index is 10.1. The van der Waals surface area contributed by atoms with Crippen molar-refractivity contribution in [3.63, 3.8) is 0 Å². The van der Waals surface area contributed by atoms with Crippen molar-refractivity contribution in [3.05, 3.63) is 40.1 Å². The molecular formula is C15H14IN3O. The van der Waals surface area contributed by atoms with Gasteiger partial charge in [-0.25, -0.2) is 9.97 Å². The fraction of sp³-hybridized carbons (Fsp3) is 0.200. The molecule has 0 aliphatic heterocycles. The van der Waals surface area contributed by atoms with Crippen molar-refractivity contribution in [2.24, 2.45) is 0 Å². The van der Waals surface area contributed by atoms with Crippen LogP contribution in [0.15, 0.2) is 36.5 Å². The molecule has 0 radical (unpaired) electrons. The van der Waals surface area contributed by atoms with Gasteiger partial charge >= 0.3 is 0 Å². The Morgan fingerprint density at radius 3 is 2.95 bits per heavy atom. The van der Waals surface area contributed by atoms with Crippen molar-refractivity contribution in [1.29, 1.82) is 0 Å². The standard InChI is InChI=1S/C15H14IN3O/c1-2-8-19-14(11-9-10(16)5-6-13(11)20)18-12-4-3-7-17-15(12)19/h3-7,9,20H,2,8H2,1H3. The van der Waals surface area contributed by atoms with E-state index in [0.29, 0.717) is 0 Å². The van der Waals surface area contributed by atoms with Crippen LogP contribution in [0.25, 0.3) is 22.6 Å². The third-order valence-corrected chi connectivity index (χ3v) is 3.82. The predicted molar refractivity (Wildman–Crippen MR) is 87.6 cm³/mol. The van der Waals surface area contributed by atoms with Gasteiger partial charge in [0.2, 0.25) is 0 Å². The Balaban J connectivity index is 2.29. The summed E-state index contributed by atoms with van der Waals surface area (Å²) in [4.78, 5) is 9.06. The molecule has 1 aromatic carbocycles. The molecule has 3 aromatic rings. The second kappa shape index (κ2) is 5.40. The number of halogens is 1. The SMILES string of the molecule is CCCn1c(-c2cc(I)ccc2O)nc2cccnc21. The van der Waals surface area contributed by atoms with Crippen molar-refractivity contribution in [2.45, 2.75) is 19.9 Å². The number of phenolic OH excluding ortho intramolecular Hbond substituents is 1. The second-order valence-electron chi connectivity index (χ2n) is 4.59. The van der Waals surface area contributed by atoms with Crippen molar-refractivity contribution in [3.8, 4) is 17.1 Å².